The number of fused-ring (bicyclic) bond motifs is 1. The molecule has 5 nitrogen and oxygen atoms in total. The molecule has 4 rings (SSSR count). The second-order valence-corrected chi connectivity index (χ2v) is 7.05. The molecule has 0 saturated heterocycles. The average molecular weight is 412 g/mol. The topological polar surface area (TPSA) is 59.3 Å². The Labute approximate surface area is 171 Å². The van der Waals surface area contributed by atoms with E-state index in [9.17, 15) is 18.0 Å². The molecule has 154 valence electrons. The van der Waals surface area contributed by atoms with E-state index < -0.39 is 17.8 Å². The van der Waals surface area contributed by atoms with Crippen LogP contribution in [-0.2, 0) is 19.0 Å². The Morgan fingerprint density at radius 3 is 2.43 bits per heavy atom. The molecule has 1 heterocycles. The molecular formula is C22H19F3N4O. The molecule has 0 saturated carbocycles. The molecule has 30 heavy (non-hydrogen) atoms. The fourth-order valence-electron chi connectivity index (χ4n) is 3.56. The van der Waals surface area contributed by atoms with E-state index in [-0.39, 0.29) is 5.56 Å². The third-order valence-corrected chi connectivity index (χ3v) is 5.00. The monoisotopic (exact) mass is 412 g/mol. The third kappa shape index (κ3) is 4.12. The summed E-state index contributed by atoms with van der Waals surface area (Å²) < 4.78 is 41.5. The number of carbonyl (C=O) groups is 1. The predicted molar refractivity (Wildman–Crippen MR) is 107 cm³/mol. The van der Waals surface area contributed by atoms with Crippen molar-refractivity contribution in [3.8, 4) is 5.69 Å². The van der Waals surface area contributed by atoms with E-state index in [1.54, 1.807) is 24.3 Å². The molecule has 1 aliphatic rings. The van der Waals surface area contributed by atoms with Crippen molar-refractivity contribution in [3.05, 3.63) is 82.7 Å². The smallest absolute Gasteiger partial charge is 0.267 e. The number of aromatic nitrogens is 2. The van der Waals surface area contributed by atoms with Crippen LogP contribution in [0.25, 0.3) is 5.69 Å². The first-order valence-corrected chi connectivity index (χ1v) is 9.60. The highest BCUT2D eigenvalue weighted by atomic mass is 19.4. The number of benzene rings is 2. The highest BCUT2D eigenvalue weighted by molar-refractivity contribution is 5.95. The molecule has 2 aromatic carbocycles. The Morgan fingerprint density at radius 2 is 1.73 bits per heavy atom. The summed E-state index contributed by atoms with van der Waals surface area (Å²) in [6.07, 6.45) is -0.469. The quantitative estimate of drug-likeness (QED) is 0.506. The lowest BCUT2D eigenvalue weighted by Gasteiger charge is -2.14. The van der Waals surface area contributed by atoms with Gasteiger partial charge in [-0.25, -0.2) is 10.1 Å². The molecule has 0 aliphatic heterocycles. The van der Waals surface area contributed by atoms with Crippen LogP contribution in [0.5, 0.6) is 0 Å². The minimum absolute atomic E-state index is 0.283. The van der Waals surface area contributed by atoms with Gasteiger partial charge < -0.3 is 0 Å². The SMILES string of the molecule is O=C(NN=Cc1ccccc1)c1ccc(-n2nc(C(F)(F)F)c3c2CCCC3)cc1. The number of rotatable bonds is 4. The molecule has 1 amide bonds. The minimum atomic E-state index is -4.48. The Morgan fingerprint density at radius 1 is 1.03 bits per heavy atom. The largest absolute Gasteiger partial charge is 0.435 e. The van der Waals surface area contributed by atoms with Gasteiger partial charge in [-0.2, -0.15) is 23.4 Å². The van der Waals surface area contributed by atoms with Gasteiger partial charge in [-0.15, -0.1) is 0 Å². The molecule has 0 fully saturated rings. The van der Waals surface area contributed by atoms with Crippen molar-refractivity contribution in [2.45, 2.75) is 31.9 Å². The van der Waals surface area contributed by atoms with Crippen molar-refractivity contribution in [1.82, 2.24) is 15.2 Å². The number of alkyl halides is 3. The van der Waals surface area contributed by atoms with E-state index in [0.29, 0.717) is 29.8 Å². The lowest BCUT2D eigenvalue weighted by Crippen LogP contribution is -2.17. The van der Waals surface area contributed by atoms with Gasteiger partial charge in [0, 0.05) is 16.8 Å². The maximum absolute atomic E-state index is 13.4. The molecule has 1 aromatic heterocycles. The summed E-state index contributed by atoms with van der Waals surface area (Å²) in [6, 6.07) is 15.6. The Bertz CT molecular complexity index is 1070. The van der Waals surface area contributed by atoms with Crippen molar-refractivity contribution in [3.63, 3.8) is 0 Å². The summed E-state index contributed by atoms with van der Waals surface area (Å²) in [6.45, 7) is 0. The van der Waals surface area contributed by atoms with Crippen LogP contribution in [0.4, 0.5) is 13.2 Å². The van der Waals surface area contributed by atoms with E-state index in [1.165, 1.54) is 10.9 Å². The van der Waals surface area contributed by atoms with Crippen molar-refractivity contribution in [1.29, 1.82) is 0 Å². The fraction of sp³-hybridized carbons (Fsp3) is 0.227. The number of hydrogen-bond donors (Lipinski definition) is 1. The van der Waals surface area contributed by atoms with Gasteiger partial charge >= 0.3 is 6.18 Å². The Hall–Kier alpha value is -3.42. The highest BCUT2D eigenvalue weighted by Gasteiger charge is 2.39. The fourth-order valence-corrected chi connectivity index (χ4v) is 3.56. The Kier molecular flexibility index (Phi) is 5.39. The molecule has 1 aliphatic carbocycles. The first-order valence-electron chi connectivity index (χ1n) is 9.60. The third-order valence-electron chi connectivity index (χ3n) is 5.00. The molecule has 3 aromatic rings. The van der Waals surface area contributed by atoms with Crippen molar-refractivity contribution < 1.29 is 18.0 Å². The average Bonchev–Trinajstić information content (AvgIpc) is 3.15. The van der Waals surface area contributed by atoms with Crippen molar-refractivity contribution in [2.24, 2.45) is 5.10 Å². The second-order valence-electron chi connectivity index (χ2n) is 7.05. The lowest BCUT2D eigenvalue weighted by molar-refractivity contribution is -0.142. The van der Waals surface area contributed by atoms with Gasteiger partial charge in [0.1, 0.15) is 0 Å². The number of halogens is 3. The maximum atomic E-state index is 13.4. The first kappa shape index (κ1) is 19.9. The van der Waals surface area contributed by atoms with E-state index in [0.717, 1.165) is 18.4 Å². The molecule has 0 spiro atoms. The van der Waals surface area contributed by atoms with Crippen LogP contribution in [0, 0.1) is 0 Å². The second kappa shape index (κ2) is 8.14. The van der Waals surface area contributed by atoms with Gasteiger partial charge in [-0.05, 0) is 55.5 Å². The van der Waals surface area contributed by atoms with Crippen LogP contribution in [-0.4, -0.2) is 21.9 Å². The van der Waals surface area contributed by atoms with Crippen LogP contribution < -0.4 is 5.43 Å². The zero-order valence-electron chi connectivity index (χ0n) is 16.0. The first-order chi connectivity index (χ1) is 14.4. The van der Waals surface area contributed by atoms with E-state index >= 15 is 0 Å². The summed E-state index contributed by atoms with van der Waals surface area (Å²) in [7, 11) is 0. The number of carbonyl (C=O) groups excluding carboxylic acids is 1. The number of nitrogens with one attached hydrogen (secondary N) is 1. The van der Waals surface area contributed by atoms with Crippen LogP contribution in [0.3, 0.4) is 0 Å². The number of nitrogens with zero attached hydrogens (tertiary/aromatic N) is 3. The molecule has 0 radical (unpaired) electrons. The predicted octanol–water partition coefficient (Wildman–Crippen LogP) is 4.53. The maximum Gasteiger partial charge on any atom is 0.435 e. The van der Waals surface area contributed by atoms with Crippen LogP contribution in [0.15, 0.2) is 59.7 Å². The number of hydrazone groups is 1. The number of hydrogen-bond acceptors (Lipinski definition) is 3. The van der Waals surface area contributed by atoms with E-state index in [1.807, 2.05) is 30.3 Å². The molecule has 0 atom stereocenters. The molecular weight excluding hydrogens is 393 g/mol. The zero-order chi connectivity index (χ0) is 21.1. The van der Waals surface area contributed by atoms with Gasteiger partial charge in [0.15, 0.2) is 5.69 Å². The van der Waals surface area contributed by atoms with Crippen LogP contribution in [0.1, 0.15) is 45.7 Å². The van der Waals surface area contributed by atoms with Gasteiger partial charge in [0.2, 0.25) is 0 Å². The van der Waals surface area contributed by atoms with Crippen LogP contribution >= 0.6 is 0 Å². The van der Waals surface area contributed by atoms with Gasteiger partial charge in [0.25, 0.3) is 5.91 Å². The summed E-state index contributed by atoms with van der Waals surface area (Å²) in [4.78, 5) is 12.3. The van der Waals surface area contributed by atoms with Gasteiger partial charge in [-0.3, -0.25) is 4.79 Å². The summed E-state index contributed by atoms with van der Waals surface area (Å²) in [5, 5.41) is 7.78. The standard InChI is InChI=1S/C22H19F3N4O/c23-22(24,25)20-18-8-4-5-9-19(18)29(28-20)17-12-10-16(11-13-17)21(30)27-26-14-15-6-2-1-3-7-15/h1-3,6-7,10-14H,4-5,8-9H2,(H,27,30). The highest BCUT2D eigenvalue weighted by Crippen LogP contribution is 2.36. The molecule has 0 bridgehead atoms. The zero-order valence-corrected chi connectivity index (χ0v) is 16.0. The van der Waals surface area contributed by atoms with Crippen LogP contribution in [0.2, 0.25) is 0 Å². The van der Waals surface area contributed by atoms with Gasteiger partial charge in [-0.1, -0.05) is 30.3 Å². The van der Waals surface area contributed by atoms with Crippen molar-refractivity contribution in [2.75, 3.05) is 0 Å². The Balaban J connectivity index is 1.53. The van der Waals surface area contributed by atoms with E-state index in [2.05, 4.69) is 15.6 Å². The summed E-state index contributed by atoms with van der Waals surface area (Å²) >= 11 is 0. The van der Waals surface area contributed by atoms with E-state index in [4.69, 9.17) is 0 Å². The molecule has 8 heteroatoms. The summed E-state index contributed by atoms with van der Waals surface area (Å²) in [5.41, 5.74) is 4.19. The minimum Gasteiger partial charge on any atom is -0.267 e. The summed E-state index contributed by atoms with van der Waals surface area (Å²) in [5.74, 6) is -0.410. The molecule has 0 unspecified atom stereocenters. The van der Waals surface area contributed by atoms with Gasteiger partial charge in [0.05, 0.1) is 11.9 Å². The normalized spacial score (nSPS) is 14.0. The molecule has 1 N–H and O–H groups in total. The lowest BCUT2D eigenvalue weighted by atomic mass is 9.95. The van der Waals surface area contributed by atoms with Crippen molar-refractivity contribution >= 4 is 12.1 Å². The number of amides is 1.